The monoisotopic (exact) mass is 909 g/mol. The third-order valence-electron chi connectivity index (χ3n) is 22.2. The van der Waals surface area contributed by atoms with Gasteiger partial charge >= 0.3 is 0 Å². The van der Waals surface area contributed by atoms with Gasteiger partial charge in [-0.1, -0.05) is 53.2 Å². The second-order valence-corrected chi connectivity index (χ2v) is 25.4. The number of fused-ring (bicyclic) bond motifs is 13. The molecule has 2 saturated carbocycles. The molecule has 66 heavy (non-hydrogen) atoms. The van der Waals surface area contributed by atoms with Crippen molar-refractivity contribution < 1.29 is 49.6 Å². The molecule has 2 aromatic rings. The number of nitrogens with zero attached hydrogens (tertiary/aromatic N) is 2. The number of benzene rings is 1. The Labute approximate surface area is 388 Å². The first-order valence-corrected chi connectivity index (χ1v) is 25.6. The van der Waals surface area contributed by atoms with E-state index >= 15 is 0 Å². The molecule has 13 rings (SSSR count). The van der Waals surface area contributed by atoms with E-state index in [2.05, 4.69) is 32.9 Å². The normalized spacial score (nSPS) is 52.9. The van der Waals surface area contributed by atoms with Gasteiger partial charge in [0.25, 0.3) is 0 Å². The maximum Gasteiger partial charge on any atom is 0.240 e. The van der Waals surface area contributed by atoms with Crippen LogP contribution in [0.1, 0.15) is 158 Å². The van der Waals surface area contributed by atoms with E-state index in [-0.39, 0.29) is 53.4 Å². The van der Waals surface area contributed by atoms with Crippen molar-refractivity contribution in [3.8, 4) is 5.75 Å². The second kappa shape index (κ2) is 13.1. The molecule has 0 amide bonds. The summed E-state index contributed by atoms with van der Waals surface area (Å²) in [5, 5.41) is 70.7. The summed E-state index contributed by atoms with van der Waals surface area (Å²) >= 11 is 0. The predicted molar refractivity (Wildman–Crippen MR) is 241 cm³/mol. The number of rotatable bonds is 1. The zero-order valence-corrected chi connectivity index (χ0v) is 40.4. The Morgan fingerprint density at radius 1 is 0.758 bits per heavy atom. The molecule has 358 valence electrons. The van der Waals surface area contributed by atoms with Crippen LogP contribution < -0.4 is 4.74 Å². The summed E-state index contributed by atoms with van der Waals surface area (Å²) in [5.41, 5.74) is 5.79. The van der Waals surface area contributed by atoms with Gasteiger partial charge in [-0.15, -0.1) is 0 Å². The molecular weight excluding hydrogens is 837 g/mol. The molecule has 8 unspecified atom stereocenters. The molecule has 1 aromatic heterocycles. The third kappa shape index (κ3) is 4.89. The minimum absolute atomic E-state index is 0.0369. The van der Waals surface area contributed by atoms with Crippen LogP contribution in [0.2, 0.25) is 0 Å². The molecule has 2 spiro atoms. The van der Waals surface area contributed by atoms with Gasteiger partial charge in [0.2, 0.25) is 11.6 Å². The minimum atomic E-state index is -1.50. The van der Waals surface area contributed by atoms with Crippen LogP contribution in [0.3, 0.4) is 0 Å². The van der Waals surface area contributed by atoms with Crippen LogP contribution in [0.25, 0.3) is 0 Å². The van der Waals surface area contributed by atoms with Gasteiger partial charge in [0.1, 0.15) is 29.7 Å². The quantitative estimate of drug-likeness (QED) is 0.195. The molecular formula is C54H72N2O10. The van der Waals surface area contributed by atoms with E-state index in [9.17, 15) is 30.6 Å². The zero-order valence-electron chi connectivity index (χ0n) is 40.4. The third-order valence-corrected chi connectivity index (χ3v) is 22.2. The fraction of sp³-hybridized carbons (Fsp3) is 0.778. The number of hydrogen-bond donors (Lipinski definition) is 6. The van der Waals surface area contributed by atoms with Gasteiger partial charge in [0.15, 0.2) is 0 Å². The summed E-state index contributed by atoms with van der Waals surface area (Å²) in [6.07, 6.45) is 6.56. The van der Waals surface area contributed by atoms with Crippen molar-refractivity contribution in [3.63, 3.8) is 0 Å². The van der Waals surface area contributed by atoms with E-state index in [0.717, 1.165) is 96.6 Å². The van der Waals surface area contributed by atoms with Crippen LogP contribution in [0, 0.1) is 52.3 Å². The Balaban J connectivity index is 0.811. The summed E-state index contributed by atoms with van der Waals surface area (Å²) in [4.78, 5) is 11.2. The molecule has 12 nitrogen and oxygen atoms in total. The smallest absolute Gasteiger partial charge is 0.240 e. The highest BCUT2D eigenvalue weighted by atomic mass is 16.7. The average molecular weight is 909 g/mol. The highest BCUT2D eigenvalue weighted by Gasteiger charge is 2.79. The maximum absolute atomic E-state index is 12.9. The SMILES string of the molecule is CC1C(O)C2(Oc3cc4c(c5c3[C@@H](CC5O)[C@H]2C)CCC2Cc3nc5c(nc3C[C@@]42C)CC2CCC3C4=C[C@H]6O[C@@]7(O[C@@](C)(CO)C[C@@H]7O)[C@H](C)[C@@]6(O)[C@]4(C)[C@@H](O)CC3[C@]2(C)C5)OC1(C)C. The van der Waals surface area contributed by atoms with Crippen molar-refractivity contribution in [1.29, 1.82) is 0 Å². The van der Waals surface area contributed by atoms with E-state index in [1.54, 1.807) is 6.92 Å². The minimum Gasteiger partial charge on any atom is -0.459 e. The first-order chi connectivity index (χ1) is 31.0. The van der Waals surface area contributed by atoms with Crippen LogP contribution in [0.15, 0.2) is 17.7 Å². The lowest BCUT2D eigenvalue weighted by Crippen LogP contribution is -2.64. The van der Waals surface area contributed by atoms with Crippen molar-refractivity contribution in [3.05, 3.63) is 62.7 Å². The molecule has 3 saturated heterocycles. The summed E-state index contributed by atoms with van der Waals surface area (Å²) in [5.74, 6) is -1.71. The molecule has 20 atom stereocenters. The van der Waals surface area contributed by atoms with Crippen LogP contribution >= 0.6 is 0 Å². The molecule has 1 aromatic carbocycles. The number of hydrogen-bond acceptors (Lipinski definition) is 12. The van der Waals surface area contributed by atoms with E-state index in [4.69, 9.17) is 28.9 Å². The van der Waals surface area contributed by atoms with Gasteiger partial charge in [-0.05, 0) is 136 Å². The molecule has 0 radical (unpaired) electrons. The van der Waals surface area contributed by atoms with Gasteiger partial charge in [-0.2, -0.15) is 0 Å². The largest absolute Gasteiger partial charge is 0.459 e. The van der Waals surface area contributed by atoms with E-state index < -0.39 is 70.2 Å². The average Bonchev–Trinajstić information content (AvgIpc) is 3.94. The van der Waals surface area contributed by atoms with Crippen LogP contribution in [0.5, 0.6) is 5.75 Å². The Kier molecular flexibility index (Phi) is 8.61. The highest BCUT2D eigenvalue weighted by Crippen LogP contribution is 2.71. The van der Waals surface area contributed by atoms with Crippen molar-refractivity contribution in [2.75, 3.05) is 6.61 Å². The summed E-state index contributed by atoms with van der Waals surface area (Å²) in [7, 11) is 0. The number of aliphatic hydroxyl groups is 6. The second-order valence-electron chi connectivity index (χ2n) is 25.4. The zero-order chi connectivity index (χ0) is 46.4. The summed E-state index contributed by atoms with van der Waals surface area (Å²) < 4.78 is 26.8. The predicted octanol–water partition coefficient (Wildman–Crippen LogP) is 5.60. The van der Waals surface area contributed by atoms with Crippen molar-refractivity contribution in [2.45, 2.75) is 203 Å². The van der Waals surface area contributed by atoms with Crippen molar-refractivity contribution in [1.82, 2.24) is 9.97 Å². The van der Waals surface area contributed by atoms with Gasteiger partial charge in [0.05, 0.1) is 52.8 Å². The van der Waals surface area contributed by atoms with E-state index in [0.29, 0.717) is 24.7 Å². The molecule has 7 aliphatic carbocycles. The lowest BCUT2D eigenvalue weighted by molar-refractivity contribution is -0.280. The van der Waals surface area contributed by atoms with Gasteiger partial charge < -0.3 is 49.6 Å². The topological polar surface area (TPSA) is 184 Å². The fourth-order valence-corrected chi connectivity index (χ4v) is 17.9. The Morgan fingerprint density at radius 3 is 2.15 bits per heavy atom. The van der Waals surface area contributed by atoms with E-state index in [1.807, 2.05) is 34.6 Å². The molecule has 12 heteroatoms. The molecule has 0 bridgehead atoms. The number of ether oxygens (including phenoxy) is 4. The maximum atomic E-state index is 12.9. The molecule has 4 aliphatic heterocycles. The number of aliphatic hydroxyl groups excluding tert-OH is 5. The van der Waals surface area contributed by atoms with Gasteiger partial charge in [0, 0.05) is 47.0 Å². The van der Waals surface area contributed by atoms with Crippen molar-refractivity contribution in [2.24, 2.45) is 52.3 Å². The Bertz CT molecular complexity index is 2510. The van der Waals surface area contributed by atoms with Gasteiger partial charge in [-0.25, -0.2) is 0 Å². The van der Waals surface area contributed by atoms with Crippen LogP contribution in [0.4, 0.5) is 0 Å². The lowest BCUT2D eigenvalue weighted by atomic mass is 9.44. The first-order valence-electron chi connectivity index (χ1n) is 25.6. The van der Waals surface area contributed by atoms with Crippen LogP contribution in [-0.4, -0.2) is 100 Å². The summed E-state index contributed by atoms with van der Waals surface area (Å²) in [6.45, 7) is 18.5. The fourth-order valence-electron chi connectivity index (χ4n) is 17.9. The molecule has 6 N–H and O–H groups in total. The summed E-state index contributed by atoms with van der Waals surface area (Å²) in [6, 6.07) is 2.27. The van der Waals surface area contributed by atoms with E-state index in [1.165, 1.54) is 11.1 Å². The highest BCUT2D eigenvalue weighted by molar-refractivity contribution is 5.60. The standard InChI is InChI=1S/C54H72N2O10/c1-24-31-16-39(58)44-30-13-11-28-15-36-37(20-49(28,7)32(30)17-40(45(31)44)63-53(24)46(61)25(2)47(4,5)65-53)55-35-14-27-10-12-29-33(50(27,8)21-38(35)56-36)18-41(59)51(9)34(29)19-43-52(51,62)26(3)54(64-43)42(60)22-48(6,23-57)66-54/h17,19,24-29,31,33,39,41-43,46,57-62H,10-16,18,20-23H2,1-9H3/t24-,25?,26-,27?,28?,29?,31+,33?,39?,41+,42+,43-,46?,48-,49-,50-,51+,52+,53?,54-/m1/s1. The Hall–Kier alpha value is -2.52. The van der Waals surface area contributed by atoms with Crippen LogP contribution in [-0.2, 0) is 51.7 Å². The lowest BCUT2D eigenvalue weighted by Gasteiger charge is -2.61. The number of aromatic nitrogens is 2. The van der Waals surface area contributed by atoms with Gasteiger partial charge in [-0.3, -0.25) is 9.97 Å². The molecule has 11 aliphatic rings. The van der Waals surface area contributed by atoms with Crippen molar-refractivity contribution >= 4 is 0 Å². The Morgan fingerprint density at radius 2 is 1.47 bits per heavy atom. The first kappa shape index (κ1) is 43.5. The molecule has 5 fully saturated rings. The molecule has 5 heterocycles.